The van der Waals surface area contributed by atoms with Crippen LogP contribution in [0, 0.1) is 12.7 Å². The van der Waals surface area contributed by atoms with Crippen LogP contribution in [0.1, 0.15) is 17.2 Å². The fraction of sp³-hybridized carbons (Fsp3) is 0.294. The molecule has 4 nitrogen and oxygen atoms in total. The molecule has 23 heavy (non-hydrogen) atoms. The SMILES string of the molecule is Cc1ccc(C2CN(S(=O)(=O)c3ccccc3F)CCO2)cc1. The average molecular weight is 335 g/mol. The molecule has 0 amide bonds. The Kier molecular flexibility index (Phi) is 4.48. The van der Waals surface area contributed by atoms with Crippen molar-refractivity contribution >= 4 is 10.0 Å². The highest BCUT2D eigenvalue weighted by atomic mass is 32.2. The first kappa shape index (κ1) is 16.1. The zero-order valence-electron chi connectivity index (χ0n) is 12.8. The van der Waals surface area contributed by atoms with Gasteiger partial charge in [-0.15, -0.1) is 0 Å². The zero-order chi connectivity index (χ0) is 16.4. The van der Waals surface area contributed by atoms with Crippen molar-refractivity contribution in [2.75, 3.05) is 19.7 Å². The minimum atomic E-state index is -3.86. The maximum Gasteiger partial charge on any atom is 0.246 e. The molecule has 0 aromatic heterocycles. The smallest absolute Gasteiger partial charge is 0.246 e. The van der Waals surface area contributed by atoms with Crippen LogP contribution >= 0.6 is 0 Å². The molecule has 0 saturated carbocycles. The molecule has 0 N–H and O–H groups in total. The van der Waals surface area contributed by atoms with Crippen LogP contribution in [0.3, 0.4) is 0 Å². The van der Waals surface area contributed by atoms with Crippen LogP contribution in [0.15, 0.2) is 53.4 Å². The van der Waals surface area contributed by atoms with Gasteiger partial charge in [-0.1, -0.05) is 42.0 Å². The second kappa shape index (κ2) is 6.39. The molecule has 1 aliphatic heterocycles. The van der Waals surface area contributed by atoms with Crippen molar-refractivity contribution in [3.8, 4) is 0 Å². The Morgan fingerprint density at radius 1 is 1.13 bits per heavy atom. The van der Waals surface area contributed by atoms with E-state index in [2.05, 4.69) is 0 Å². The fourth-order valence-corrected chi connectivity index (χ4v) is 4.11. The molecule has 2 aromatic rings. The summed E-state index contributed by atoms with van der Waals surface area (Å²) < 4.78 is 46.2. The highest BCUT2D eigenvalue weighted by Gasteiger charge is 2.32. The van der Waals surface area contributed by atoms with Gasteiger partial charge in [0.15, 0.2) is 0 Å². The van der Waals surface area contributed by atoms with Gasteiger partial charge in [-0.25, -0.2) is 12.8 Å². The van der Waals surface area contributed by atoms with E-state index >= 15 is 0 Å². The van der Waals surface area contributed by atoms with Crippen molar-refractivity contribution in [3.05, 3.63) is 65.5 Å². The van der Waals surface area contributed by atoms with Gasteiger partial charge in [0.25, 0.3) is 0 Å². The summed E-state index contributed by atoms with van der Waals surface area (Å²) in [6.45, 7) is 2.67. The summed E-state index contributed by atoms with van der Waals surface area (Å²) in [5.74, 6) is -0.731. The van der Waals surface area contributed by atoms with Crippen LogP contribution in [0.25, 0.3) is 0 Å². The molecule has 6 heteroatoms. The normalized spacial score (nSPS) is 19.7. The number of nitrogens with zero attached hydrogens (tertiary/aromatic N) is 1. The molecule has 1 aliphatic rings. The Morgan fingerprint density at radius 2 is 1.83 bits per heavy atom. The number of hydrogen-bond acceptors (Lipinski definition) is 3. The second-order valence-corrected chi connectivity index (χ2v) is 7.47. The van der Waals surface area contributed by atoms with Gasteiger partial charge in [0.05, 0.1) is 12.7 Å². The van der Waals surface area contributed by atoms with Gasteiger partial charge in [0.1, 0.15) is 10.7 Å². The largest absolute Gasteiger partial charge is 0.371 e. The Labute approximate surface area is 135 Å². The number of benzene rings is 2. The lowest BCUT2D eigenvalue weighted by Crippen LogP contribution is -2.42. The summed E-state index contributed by atoms with van der Waals surface area (Å²) in [7, 11) is -3.86. The summed E-state index contributed by atoms with van der Waals surface area (Å²) in [4.78, 5) is -0.287. The highest BCUT2D eigenvalue weighted by Crippen LogP contribution is 2.27. The maximum absolute atomic E-state index is 13.9. The van der Waals surface area contributed by atoms with Gasteiger partial charge >= 0.3 is 0 Å². The van der Waals surface area contributed by atoms with Crippen molar-refractivity contribution in [1.29, 1.82) is 0 Å². The molecule has 122 valence electrons. The van der Waals surface area contributed by atoms with Crippen LogP contribution in [0.2, 0.25) is 0 Å². The number of ether oxygens (including phenoxy) is 1. The van der Waals surface area contributed by atoms with Gasteiger partial charge in [0, 0.05) is 13.1 Å². The van der Waals surface area contributed by atoms with Gasteiger partial charge in [0.2, 0.25) is 10.0 Å². The molecule has 1 unspecified atom stereocenters. The van der Waals surface area contributed by atoms with Gasteiger partial charge in [-0.05, 0) is 24.6 Å². The number of aryl methyl sites for hydroxylation is 1. The molecular weight excluding hydrogens is 317 g/mol. The van der Waals surface area contributed by atoms with Crippen LogP contribution < -0.4 is 0 Å². The maximum atomic E-state index is 13.9. The Balaban J connectivity index is 1.86. The van der Waals surface area contributed by atoms with Crippen molar-refractivity contribution in [1.82, 2.24) is 4.31 Å². The molecule has 1 saturated heterocycles. The number of rotatable bonds is 3. The third-order valence-electron chi connectivity index (χ3n) is 3.93. The lowest BCUT2D eigenvalue weighted by molar-refractivity contribution is -0.00261. The van der Waals surface area contributed by atoms with Crippen molar-refractivity contribution in [2.45, 2.75) is 17.9 Å². The minimum absolute atomic E-state index is 0.180. The molecule has 0 spiro atoms. The Morgan fingerprint density at radius 3 is 2.52 bits per heavy atom. The second-order valence-electron chi connectivity index (χ2n) is 5.56. The number of hydrogen-bond donors (Lipinski definition) is 0. The molecule has 2 aromatic carbocycles. The van der Waals surface area contributed by atoms with Crippen molar-refractivity contribution in [3.63, 3.8) is 0 Å². The quantitative estimate of drug-likeness (QED) is 0.866. The predicted molar refractivity (Wildman–Crippen MR) is 85.0 cm³/mol. The summed E-state index contributed by atoms with van der Waals surface area (Å²) in [5.41, 5.74) is 2.05. The van der Waals surface area contributed by atoms with Crippen LogP contribution in [-0.4, -0.2) is 32.4 Å². The molecular formula is C17H18FNO3S. The minimum Gasteiger partial charge on any atom is -0.371 e. The zero-order valence-corrected chi connectivity index (χ0v) is 13.6. The third-order valence-corrected chi connectivity index (χ3v) is 5.83. The molecule has 1 fully saturated rings. The molecule has 0 aliphatic carbocycles. The molecule has 1 atom stereocenters. The summed E-state index contributed by atoms with van der Waals surface area (Å²) >= 11 is 0. The van der Waals surface area contributed by atoms with Crippen LogP contribution in [0.5, 0.6) is 0 Å². The lowest BCUT2D eigenvalue weighted by Gasteiger charge is -2.32. The van der Waals surface area contributed by atoms with E-state index < -0.39 is 15.8 Å². The molecule has 0 radical (unpaired) electrons. The van der Waals surface area contributed by atoms with Crippen LogP contribution in [-0.2, 0) is 14.8 Å². The van der Waals surface area contributed by atoms with Crippen molar-refractivity contribution < 1.29 is 17.5 Å². The lowest BCUT2D eigenvalue weighted by atomic mass is 10.1. The topological polar surface area (TPSA) is 46.6 Å². The average Bonchev–Trinajstić information content (AvgIpc) is 2.56. The van der Waals surface area contributed by atoms with E-state index in [4.69, 9.17) is 4.74 Å². The Bertz CT molecular complexity index is 790. The number of morpholine rings is 1. The number of halogens is 1. The molecule has 0 bridgehead atoms. The third kappa shape index (κ3) is 3.29. The van der Waals surface area contributed by atoms with Gasteiger partial charge in [-0.3, -0.25) is 0 Å². The first-order valence-electron chi connectivity index (χ1n) is 7.41. The van der Waals surface area contributed by atoms with E-state index in [0.29, 0.717) is 0 Å². The van der Waals surface area contributed by atoms with Gasteiger partial charge in [-0.2, -0.15) is 4.31 Å². The van der Waals surface area contributed by atoms with Crippen LogP contribution in [0.4, 0.5) is 4.39 Å². The highest BCUT2D eigenvalue weighted by molar-refractivity contribution is 7.89. The summed E-state index contributed by atoms with van der Waals surface area (Å²) in [6, 6.07) is 13.2. The van der Waals surface area contributed by atoms with E-state index in [1.54, 1.807) is 0 Å². The first-order valence-corrected chi connectivity index (χ1v) is 8.85. The standard InChI is InChI=1S/C17H18FNO3S/c1-13-6-8-14(9-7-13)16-12-19(10-11-22-16)23(20,21)17-5-3-2-4-15(17)18/h2-9,16H,10-12H2,1H3. The van der Waals surface area contributed by atoms with E-state index in [0.717, 1.165) is 17.2 Å². The van der Waals surface area contributed by atoms with Crippen molar-refractivity contribution in [2.24, 2.45) is 0 Å². The Hall–Kier alpha value is -1.76. The van der Waals surface area contributed by atoms with Gasteiger partial charge < -0.3 is 4.74 Å². The van der Waals surface area contributed by atoms with E-state index in [-0.39, 0.29) is 30.7 Å². The molecule has 1 heterocycles. The fourth-order valence-electron chi connectivity index (χ4n) is 2.62. The molecule has 3 rings (SSSR count). The monoisotopic (exact) mass is 335 g/mol. The predicted octanol–water partition coefficient (Wildman–Crippen LogP) is 2.90. The first-order chi connectivity index (χ1) is 11.0. The number of sulfonamides is 1. The van der Waals surface area contributed by atoms with E-state index in [1.807, 2.05) is 31.2 Å². The van der Waals surface area contributed by atoms with E-state index in [1.165, 1.54) is 22.5 Å². The summed E-state index contributed by atoms with van der Waals surface area (Å²) in [6.07, 6.45) is -0.342. The van der Waals surface area contributed by atoms with E-state index in [9.17, 15) is 12.8 Å². The summed E-state index contributed by atoms with van der Waals surface area (Å²) in [5, 5.41) is 0.